The van der Waals surface area contributed by atoms with Crippen LogP contribution < -0.4 is 0 Å². The van der Waals surface area contributed by atoms with Crippen LogP contribution in [-0.2, 0) is 23.9 Å². The van der Waals surface area contributed by atoms with E-state index in [1.54, 1.807) is 13.0 Å². The topological polar surface area (TPSA) is 89.9 Å². The molecule has 0 aromatic carbocycles. The molecular weight excluding hydrogens is 324 g/mol. The van der Waals surface area contributed by atoms with Crippen molar-refractivity contribution in [2.75, 3.05) is 0 Å². The minimum Gasteiger partial charge on any atom is -0.456 e. The fourth-order valence-electron chi connectivity index (χ4n) is 3.88. The second kappa shape index (κ2) is 6.50. The summed E-state index contributed by atoms with van der Waals surface area (Å²) in [5, 5.41) is 10.5. The minimum absolute atomic E-state index is 0.0541. The van der Waals surface area contributed by atoms with Crippen LogP contribution in [-0.4, -0.2) is 46.6 Å². The SMILES string of the molecule is C=C(C)C1C/C=C2\C(=O)OC(CC3(C)CC(=O)C(CC(=O)C1)O3)C2O. The summed E-state index contributed by atoms with van der Waals surface area (Å²) in [4.78, 5) is 36.8. The molecule has 5 atom stereocenters. The summed E-state index contributed by atoms with van der Waals surface area (Å²) in [6.07, 6.45) is 0.187. The van der Waals surface area contributed by atoms with Gasteiger partial charge in [-0.05, 0) is 26.2 Å². The van der Waals surface area contributed by atoms with Crippen LogP contribution in [0.25, 0.3) is 0 Å². The molecule has 136 valence electrons. The van der Waals surface area contributed by atoms with Gasteiger partial charge in [0.2, 0.25) is 0 Å². The summed E-state index contributed by atoms with van der Waals surface area (Å²) >= 11 is 0. The van der Waals surface area contributed by atoms with Gasteiger partial charge < -0.3 is 14.6 Å². The molecule has 3 aliphatic heterocycles. The van der Waals surface area contributed by atoms with E-state index >= 15 is 0 Å². The number of ketones is 2. The lowest BCUT2D eigenvalue weighted by atomic mass is 9.87. The third-order valence-electron chi connectivity index (χ3n) is 5.34. The normalized spacial score (nSPS) is 41.2. The van der Waals surface area contributed by atoms with Crippen molar-refractivity contribution in [3.63, 3.8) is 0 Å². The van der Waals surface area contributed by atoms with Crippen LogP contribution in [0.3, 0.4) is 0 Å². The van der Waals surface area contributed by atoms with Crippen LogP contribution in [0.5, 0.6) is 0 Å². The first-order chi connectivity index (χ1) is 11.7. The van der Waals surface area contributed by atoms with Gasteiger partial charge in [0.25, 0.3) is 0 Å². The Morgan fingerprint density at radius 1 is 1.32 bits per heavy atom. The average Bonchev–Trinajstić information content (AvgIpc) is 2.91. The van der Waals surface area contributed by atoms with Gasteiger partial charge in [-0.25, -0.2) is 4.79 Å². The number of aliphatic hydroxyl groups excluding tert-OH is 1. The molecule has 1 N–H and O–H groups in total. The van der Waals surface area contributed by atoms with Crippen molar-refractivity contribution in [3.05, 3.63) is 23.8 Å². The Morgan fingerprint density at radius 2 is 2.04 bits per heavy atom. The van der Waals surface area contributed by atoms with Crippen molar-refractivity contribution in [2.45, 2.75) is 69.9 Å². The summed E-state index contributed by atoms with van der Waals surface area (Å²) in [5.41, 5.74) is 0.194. The molecule has 3 aliphatic rings. The molecule has 0 aromatic heterocycles. The Hall–Kier alpha value is -1.79. The maximum Gasteiger partial charge on any atom is 0.336 e. The molecule has 2 saturated heterocycles. The first-order valence-corrected chi connectivity index (χ1v) is 8.65. The smallest absolute Gasteiger partial charge is 0.336 e. The van der Waals surface area contributed by atoms with E-state index in [0.29, 0.717) is 6.42 Å². The van der Waals surface area contributed by atoms with Crippen molar-refractivity contribution in [1.82, 2.24) is 0 Å². The predicted molar refractivity (Wildman–Crippen MR) is 88.7 cm³/mol. The van der Waals surface area contributed by atoms with Gasteiger partial charge in [0.1, 0.15) is 24.1 Å². The van der Waals surface area contributed by atoms with E-state index in [1.807, 2.05) is 6.92 Å². The first-order valence-electron chi connectivity index (χ1n) is 8.65. The molecule has 4 bridgehead atoms. The number of ether oxygens (including phenoxy) is 2. The lowest BCUT2D eigenvalue weighted by molar-refractivity contribution is -0.144. The lowest BCUT2D eigenvalue weighted by Crippen LogP contribution is -2.35. The summed E-state index contributed by atoms with van der Waals surface area (Å²) in [6, 6.07) is 0. The zero-order chi connectivity index (χ0) is 18.4. The molecule has 6 nitrogen and oxygen atoms in total. The van der Waals surface area contributed by atoms with Gasteiger partial charge in [0.15, 0.2) is 5.78 Å². The molecule has 25 heavy (non-hydrogen) atoms. The van der Waals surface area contributed by atoms with Gasteiger partial charge >= 0.3 is 5.97 Å². The molecule has 0 aromatic rings. The van der Waals surface area contributed by atoms with Crippen molar-refractivity contribution < 1.29 is 29.0 Å². The van der Waals surface area contributed by atoms with Gasteiger partial charge in [-0.2, -0.15) is 0 Å². The van der Waals surface area contributed by atoms with E-state index in [1.165, 1.54) is 0 Å². The van der Waals surface area contributed by atoms with Crippen LogP contribution in [0.15, 0.2) is 23.8 Å². The average molecular weight is 348 g/mol. The number of fused-ring (bicyclic) bond motifs is 4. The standard InChI is InChI=1S/C19H24O6/c1-10(2)11-4-5-13-17(22)16(24-18(13)23)9-19(3)8-14(21)15(25-19)7-12(20)6-11/h5,11,15-17,22H,1,4,6-9H2,2-3H3/b13-5-. The van der Waals surface area contributed by atoms with Crippen molar-refractivity contribution in [1.29, 1.82) is 0 Å². The van der Waals surface area contributed by atoms with Crippen LogP contribution >= 0.6 is 0 Å². The zero-order valence-electron chi connectivity index (χ0n) is 14.6. The maximum absolute atomic E-state index is 12.4. The van der Waals surface area contributed by atoms with Gasteiger partial charge in [-0.15, -0.1) is 0 Å². The molecule has 3 rings (SSSR count). The van der Waals surface area contributed by atoms with E-state index in [2.05, 4.69) is 6.58 Å². The Morgan fingerprint density at radius 3 is 2.72 bits per heavy atom. The highest BCUT2D eigenvalue weighted by molar-refractivity contribution is 5.93. The highest BCUT2D eigenvalue weighted by atomic mass is 16.6. The number of carbonyl (C=O) groups excluding carboxylic acids is 3. The number of hydrogen-bond donors (Lipinski definition) is 1. The van der Waals surface area contributed by atoms with Crippen LogP contribution in [0.2, 0.25) is 0 Å². The van der Waals surface area contributed by atoms with Gasteiger partial charge in [-0.1, -0.05) is 18.2 Å². The highest BCUT2D eigenvalue weighted by Gasteiger charge is 2.49. The minimum atomic E-state index is -1.05. The molecule has 2 fully saturated rings. The number of Topliss-reactive ketones (excluding diaryl/α,β-unsaturated/α-hetero) is 2. The summed E-state index contributed by atoms with van der Waals surface area (Å²) in [6.45, 7) is 7.50. The lowest BCUT2D eigenvalue weighted by Gasteiger charge is -2.27. The van der Waals surface area contributed by atoms with E-state index in [0.717, 1.165) is 5.57 Å². The fraction of sp³-hybridized carbons (Fsp3) is 0.632. The molecule has 5 unspecified atom stereocenters. The van der Waals surface area contributed by atoms with Crippen molar-refractivity contribution in [2.24, 2.45) is 5.92 Å². The number of allylic oxidation sites excluding steroid dienone is 2. The molecule has 0 radical (unpaired) electrons. The molecule has 0 saturated carbocycles. The van der Waals surface area contributed by atoms with E-state index in [4.69, 9.17) is 9.47 Å². The molecule has 3 heterocycles. The predicted octanol–water partition coefficient (Wildman–Crippen LogP) is 1.65. The summed E-state index contributed by atoms with van der Waals surface area (Å²) in [7, 11) is 0. The third-order valence-corrected chi connectivity index (χ3v) is 5.34. The Labute approximate surface area is 146 Å². The largest absolute Gasteiger partial charge is 0.456 e. The fourth-order valence-corrected chi connectivity index (χ4v) is 3.88. The van der Waals surface area contributed by atoms with E-state index in [-0.39, 0.29) is 48.7 Å². The number of aliphatic hydroxyl groups is 1. The Kier molecular flexibility index (Phi) is 4.68. The monoisotopic (exact) mass is 348 g/mol. The Bertz CT molecular complexity index is 663. The second-order valence-corrected chi connectivity index (χ2v) is 7.68. The molecule has 0 spiro atoms. The number of hydrogen-bond acceptors (Lipinski definition) is 6. The summed E-state index contributed by atoms with van der Waals surface area (Å²) in [5.74, 6) is -0.871. The van der Waals surface area contributed by atoms with Crippen molar-refractivity contribution in [3.8, 4) is 0 Å². The first kappa shape index (κ1) is 18.0. The van der Waals surface area contributed by atoms with Crippen LogP contribution in [0.1, 0.15) is 46.0 Å². The summed E-state index contributed by atoms with van der Waals surface area (Å²) < 4.78 is 11.2. The van der Waals surface area contributed by atoms with E-state index in [9.17, 15) is 19.5 Å². The molecule has 0 amide bonds. The molecule has 6 heteroatoms. The molecule has 0 aliphatic carbocycles. The number of rotatable bonds is 1. The van der Waals surface area contributed by atoms with Gasteiger partial charge in [0, 0.05) is 25.7 Å². The van der Waals surface area contributed by atoms with Crippen LogP contribution in [0.4, 0.5) is 0 Å². The zero-order valence-corrected chi connectivity index (χ0v) is 14.6. The molecular formula is C19H24O6. The van der Waals surface area contributed by atoms with Crippen LogP contribution in [0, 0.1) is 5.92 Å². The van der Waals surface area contributed by atoms with Crippen molar-refractivity contribution >= 4 is 17.5 Å². The quantitative estimate of drug-likeness (QED) is 0.572. The maximum atomic E-state index is 12.4. The number of esters is 1. The van der Waals surface area contributed by atoms with E-state index < -0.39 is 29.9 Å². The number of carbonyl (C=O) groups is 3. The Balaban J connectivity index is 1.94. The van der Waals surface area contributed by atoms with Gasteiger partial charge in [-0.3, -0.25) is 9.59 Å². The second-order valence-electron chi connectivity index (χ2n) is 7.68. The third kappa shape index (κ3) is 3.60. The highest BCUT2D eigenvalue weighted by Crippen LogP contribution is 2.38. The van der Waals surface area contributed by atoms with Gasteiger partial charge in [0.05, 0.1) is 11.2 Å².